The highest BCUT2D eigenvalue weighted by Gasteiger charge is 2.13. The van der Waals surface area contributed by atoms with Crippen LogP contribution in [-0.2, 0) is 12.8 Å². The third-order valence-corrected chi connectivity index (χ3v) is 5.23. The molecule has 1 aromatic carbocycles. The number of benzene rings is 1. The summed E-state index contributed by atoms with van der Waals surface area (Å²) in [5, 5.41) is 0.544. The van der Waals surface area contributed by atoms with Crippen LogP contribution in [0.3, 0.4) is 0 Å². The fourth-order valence-corrected chi connectivity index (χ4v) is 3.94. The average molecular weight is 287 g/mol. The van der Waals surface area contributed by atoms with Gasteiger partial charge in [0.15, 0.2) is 0 Å². The zero-order valence-electron chi connectivity index (χ0n) is 10.2. The molecule has 0 atom stereocenters. The first kappa shape index (κ1) is 11.4. The topological polar surface area (TPSA) is 25.8 Å². The molecule has 4 heteroatoms. The summed E-state index contributed by atoms with van der Waals surface area (Å²) >= 11 is 7.78. The Morgan fingerprint density at radius 3 is 2.84 bits per heavy atom. The maximum atomic E-state index is 6.11. The molecule has 0 spiro atoms. The van der Waals surface area contributed by atoms with Crippen molar-refractivity contribution < 1.29 is 0 Å². The summed E-state index contributed by atoms with van der Waals surface area (Å²) in [6.45, 7) is 0. The second kappa shape index (κ2) is 4.29. The minimum absolute atomic E-state index is 0.544. The van der Waals surface area contributed by atoms with E-state index in [2.05, 4.69) is 34.2 Å². The molecule has 19 heavy (non-hydrogen) atoms. The van der Waals surface area contributed by atoms with Gasteiger partial charge in [-0.2, -0.15) is 0 Å². The van der Waals surface area contributed by atoms with Gasteiger partial charge >= 0.3 is 0 Å². The highest BCUT2D eigenvalue weighted by molar-refractivity contribution is 7.22. The van der Waals surface area contributed by atoms with Crippen LogP contribution in [0, 0.1) is 0 Å². The first-order valence-electron chi connectivity index (χ1n) is 6.33. The van der Waals surface area contributed by atoms with Crippen LogP contribution in [0.4, 0.5) is 0 Å². The highest BCUT2D eigenvalue weighted by Crippen LogP contribution is 2.36. The summed E-state index contributed by atoms with van der Waals surface area (Å²) in [7, 11) is 0. The molecule has 4 rings (SSSR count). The molecule has 3 aromatic rings. The van der Waals surface area contributed by atoms with Gasteiger partial charge in [-0.05, 0) is 42.0 Å². The minimum atomic E-state index is 0.544. The van der Waals surface area contributed by atoms with Crippen molar-refractivity contribution in [1.29, 1.82) is 0 Å². The zero-order valence-corrected chi connectivity index (χ0v) is 11.8. The Balaban J connectivity index is 1.88. The van der Waals surface area contributed by atoms with Crippen LogP contribution >= 0.6 is 22.9 Å². The first-order valence-corrected chi connectivity index (χ1v) is 7.53. The molecule has 0 bridgehead atoms. The van der Waals surface area contributed by atoms with Crippen molar-refractivity contribution in [3.63, 3.8) is 0 Å². The number of hydrogen-bond donors (Lipinski definition) is 0. The second-order valence-corrected chi connectivity index (χ2v) is 6.24. The molecule has 0 saturated carbocycles. The molecule has 2 nitrogen and oxygen atoms in total. The quantitative estimate of drug-likeness (QED) is 0.616. The number of halogens is 1. The number of nitrogens with zero attached hydrogens (tertiary/aromatic N) is 2. The van der Waals surface area contributed by atoms with E-state index in [4.69, 9.17) is 11.6 Å². The van der Waals surface area contributed by atoms with E-state index in [1.165, 1.54) is 47.2 Å². The molecular weight excluding hydrogens is 276 g/mol. The van der Waals surface area contributed by atoms with Gasteiger partial charge in [0.1, 0.15) is 11.5 Å². The summed E-state index contributed by atoms with van der Waals surface area (Å²) in [6.07, 6.45) is 5.22. The van der Waals surface area contributed by atoms with Crippen LogP contribution in [0.15, 0.2) is 30.6 Å². The van der Waals surface area contributed by atoms with Gasteiger partial charge in [-0.3, -0.25) is 0 Å². The van der Waals surface area contributed by atoms with Crippen LogP contribution in [0.25, 0.3) is 20.7 Å². The Morgan fingerprint density at radius 2 is 1.95 bits per heavy atom. The fourth-order valence-electron chi connectivity index (χ4n) is 2.69. The van der Waals surface area contributed by atoms with Crippen molar-refractivity contribution in [3.05, 3.63) is 46.9 Å². The Bertz CT molecular complexity index is 779. The van der Waals surface area contributed by atoms with Gasteiger partial charge in [0.2, 0.25) is 0 Å². The van der Waals surface area contributed by atoms with Gasteiger partial charge in [-0.15, -0.1) is 11.3 Å². The number of fused-ring (bicyclic) bond motifs is 2. The van der Waals surface area contributed by atoms with Crippen LogP contribution < -0.4 is 0 Å². The second-order valence-electron chi connectivity index (χ2n) is 4.83. The van der Waals surface area contributed by atoms with Gasteiger partial charge in [-0.1, -0.05) is 29.8 Å². The summed E-state index contributed by atoms with van der Waals surface area (Å²) in [5.74, 6) is 0. The van der Waals surface area contributed by atoms with E-state index < -0.39 is 0 Å². The van der Waals surface area contributed by atoms with E-state index in [1.54, 1.807) is 11.3 Å². The normalized spacial score (nSPS) is 13.9. The third-order valence-electron chi connectivity index (χ3n) is 3.65. The summed E-state index contributed by atoms with van der Waals surface area (Å²) in [4.78, 5) is 9.53. The van der Waals surface area contributed by atoms with Gasteiger partial charge in [0.05, 0.1) is 10.2 Å². The lowest BCUT2D eigenvalue weighted by atomic mass is 10.1. The Kier molecular flexibility index (Phi) is 2.57. The average Bonchev–Trinajstić information content (AvgIpc) is 3.04. The number of aromatic nitrogens is 2. The van der Waals surface area contributed by atoms with E-state index >= 15 is 0 Å². The molecule has 1 aliphatic rings. The van der Waals surface area contributed by atoms with E-state index in [0.29, 0.717) is 5.15 Å². The first-order chi connectivity index (χ1) is 9.31. The lowest BCUT2D eigenvalue weighted by molar-refractivity contribution is 0.912. The van der Waals surface area contributed by atoms with E-state index in [0.717, 1.165) is 10.2 Å². The van der Waals surface area contributed by atoms with E-state index in [9.17, 15) is 0 Å². The zero-order chi connectivity index (χ0) is 12.8. The Hall–Kier alpha value is -1.45. The van der Waals surface area contributed by atoms with Crippen molar-refractivity contribution in [3.8, 4) is 10.4 Å². The van der Waals surface area contributed by atoms with Crippen molar-refractivity contribution in [2.24, 2.45) is 0 Å². The smallest absolute Gasteiger partial charge is 0.150 e. The lowest BCUT2D eigenvalue weighted by Crippen LogP contribution is -1.82. The molecule has 2 aromatic heterocycles. The molecule has 0 N–H and O–H groups in total. The summed E-state index contributed by atoms with van der Waals surface area (Å²) < 4.78 is 0.972. The molecule has 1 aliphatic carbocycles. The van der Waals surface area contributed by atoms with E-state index in [1.807, 2.05) is 0 Å². The summed E-state index contributed by atoms with van der Waals surface area (Å²) in [6, 6.07) is 8.88. The van der Waals surface area contributed by atoms with E-state index in [-0.39, 0.29) is 0 Å². The number of rotatable bonds is 1. The molecule has 0 aliphatic heterocycles. The molecule has 0 saturated heterocycles. The molecular formula is C15H11ClN2S. The minimum Gasteiger partial charge on any atom is -0.235 e. The van der Waals surface area contributed by atoms with Gasteiger partial charge in [0, 0.05) is 4.88 Å². The fraction of sp³-hybridized carbons (Fsp3) is 0.200. The van der Waals surface area contributed by atoms with Crippen molar-refractivity contribution in [2.45, 2.75) is 19.3 Å². The maximum Gasteiger partial charge on any atom is 0.150 e. The third kappa shape index (κ3) is 1.85. The van der Waals surface area contributed by atoms with Gasteiger partial charge < -0.3 is 0 Å². The molecule has 0 unspecified atom stereocenters. The van der Waals surface area contributed by atoms with Crippen LogP contribution in [0.2, 0.25) is 5.15 Å². The van der Waals surface area contributed by atoms with Crippen LogP contribution in [-0.4, -0.2) is 9.97 Å². The number of hydrogen-bond acceptors (Lipinski definition) is 3. The molecule has 0 radical (unpaired) electrons. The number of aryl methyl sites for hydroxylation is 2. The maximum absolute atomic E-state index is 6.11. The SMILES string of the molecule is Clc1ncnc2cc(-c3ccc4c(c3)CCC4)sc12. The Labute approximate surface area is 120 Å². The number of thiophene rings is 1. The van der Waals surface area contributed by atoms with Gasteiger partial charge in [0.25, 0.3) is 0 Å². The predicted octanol–water partition coefficient (Wildman–Crippen LogP) is 4.50. The van der Waals surface area contributed by atoms with Crippen LogP contribution in [0.1, 0.15) is 17.5 Å². The highest BCUT2D eigenvalue weighted by atomic mass is 35.5. The molecule has 94 valence electrons. The molecule has 0 fully saturated rings. The largest absolute Gasteiger partial charge is 0.235 e. The van der Waals surface area contributed by atoms with Crippen molar-refractivity contribution >= 4 is 33.2 Å². The van der Waals surface area contributed by atoms with Crippen LogP contribution in [0.5, 0.6) is 0 Å². The lowest BCUT2D eigenvalue weighted by Gasteiger charge is -2.02. The molecule has 2 heterocycles. The monoisotopic (exact) mass is 286 g/mol. The van der Waals surface area contributed by atoms with Crippen molar-refractivity contribution in [1.82, 2.24) is 9.97 Å². The molecule has 0 amide bonds. The van der Waals surface area contributed by atoms with Crippen molar-refractivity contribution in [2.75, 3.05) is 0 Å². The van der Waals surface area contributed by atoms with Gasteiger partial charge in [-0.25, -0.2) is 9.97 Å². The predicted molar refractivity (Wildman–Crippen MR) is 79.9 cm³/mol. The summed E-state index contributed by atoms with van der Waals surface area (Å²) in [5.41, 5.74) is 5.19. The Morgan fingerprint density at radius 1 is 1.05 bits per heavy atom. The standard InChI is InChI=1S/C15H11ClN2S/c16-15-14-12(17-8-18-15)7-13(19-14)11-5-4-9-2-1-3-10(9)6-11/h4-8H,1-3H2.